The van der Waals surface area contributed by atoms with Gasteiger partial charge in [-0.25, -0.2) is 0 Å². The first-order chi connectivity index (χ1) is 31.7. The van der Waals surface area contributed by atoms with Gasteiger partial charge in [-0.1, -0.05) is 139 Å². The molecular weight excluding hydrogens is 569 g/mol. The number of furan rings is 1. The van der Waals surface area contributed by atoms with Crippen LogP contribution in [0.5, 0.6) is 0 Å². The van der Waals surface area contributed by atoms with Crippen molar-refractivity contribution >= 4 is 65.0 Å². The molecule has 0 atom stereocenters. The highest BCUT2D eigenvalue weighted by molar-refractivity contribution is 6.23. The van der Waals surface area contributed by atoms with Crippen molar-refractivity contribution in [3.05, 3.63) is 169 Å². The molecule has 0 N–H and O–H groups in total. The average molecular weight is 617 g/mol. The van der Waals surface area contributed by atoms with Gasteiger partial charge in [-0.15, -0.1) is 0 Å². The SMILES string of the molecule is [2H]c1c([2H])c([2H])c(-c2c([2H])c(-c3c4ccccc4c(-c4c([2H])c([2H])c5c(oc6c7c([2H])c([2H])c([2H])c([2H])c7c([2H])c([2H])c65)c4[2H])c4ccccc34)c([2H])c3c([2H])c([2H])c([2H])c([2H])c23)c([2H])c1[2H]. The fourth-order valence-electron chi connectivity index (χ4n) is 6.32. The first kappa shape index (κ1) is 13.3. The van der Waals surface area contributed by atoms with Gasteiger partial charge in [-0.05, 0) is 101 Å². The molecule has 0 saturated carbocycles. The maximum atomic E-state index is 9.89. The zero-order chi connectivity index (χ0) is 48.3. The Morgan fingerprint density at radius 2 is 0.979 bits per heavy atom. The molecule has 218 valence electrons. The Kier molecular flexibility index (Phi) is 2.87. The minimum absolute atomic E-state index is 0.135. The number of fused-ring (bicyclic) bond motifs is 8. The Morgan fingerprint density at radius 1 is 0.383 bits per heavy atom. The van der Waals surface area contributed by atoms with Gasteiger partial charge in [0.1, 0.15) is 11.2 Å². The fourth-order valence-corrected chi connectivity index (χ4v) is 6.32. The Morgan fingerprint density at radius 3 is 1.70 bits per heavy atom. The first-order valence-electron chi connectivity index (χ1n) is 24.6. The average Bonchev–Trinajstić information content (AvgIpc) is 3.72. The summed E-state index contributed by atoms with van der Waals surface area (Å²) < 4.78 is 184. The fraction of sp³-hybridized carbons (Fsp3) is 0. The second kappa shape index (κ2) is 10.2. The summed E-state index contributed by atoms with van der Waals surface area (Å²) in [6, 6.07) is 0.495. The van der Waals surface area contributed by atoms with Crippen molar-refractivity contribution in [2.45, 2.75) is 0 Å². The van der Waals surface area contributed by atoms with E-state index in [2.05, 4.69) is 0 Å². The summed E-state index contributed by atoms with van der Waals surface area (Å²) in [5.74, 6) is 0. The van der Waals surface area contributed by atoms with Crippen LogP contribution in [0.1, 0.15) is 27.4 Å². The van der Waals surface area contributed by atoms with Crippen molar-refractivity contribution in [2.24, 2.45) is 0 Å². The van der Waals surface area contributed by atoms with Crippen molar-refractivity contribution in [1.29, 1.82) is 0 Å². The van der Waals surface area contributed by atoms with E-state index in [0.717, 1.165) is 0 Å². The molecule has 1 nitrogen and oxygen atoms in total. The largest absolute Gasteiger partial charge is 0.455 e. The van der Waals surface area contributed by atoms with Gasteiger partial charge in [0.05, 0.1) is 27.4 Å². The van der Waals surface area contributed by atoms with Crippen LogP contribution in [0, 0.1) is 0 Å². The molecule has 0 unspecified atom stereocenters. The highest BCUT2D eigenvalue weighted by Crippen LogP contribution is 2.46. The van der Waals surface area contributed by atoms with Crippen molar-refractivity contribution in [3.63, 3.8) is 0 Å². The third-order valence-corrected chi connectivity index (χ3v) is 8.31. The van der Waals surface area contributed by atoms with Crippen LogP contribution in [0.4, 0.5) is 0 Å². The second-order valence-corrected chi connectivity index (χ2v) is 10.9. The second-order valence-electron chi connectivity index (χ2n) is 10.9. The van der Waals surface area contributed by atoms with Crippen molar-refractivity contribution in [1.82, 2.24) is 0 Å². The maximum absolute atomic E-state index is 9.89. The van der Waals surface area contributed by atoms with Crippen LogP contribution in [0.2, 0.25) is 0 Å². The molecule has 0 fully saturated rings. The molecular formula is C46H28O. The predicted octanol–water partition coefficient (Wildman–Crippen LogP) is 13.2. The molecule has 1 heterocycles. The summed E-state index contributed by atoms with van der Waals surface area (Å²) in [5.41, 5.74) is -1.51. The molecule has 10 aromatic rings. The molecule has 10 rings (SSSR count). The molecule has 0 radical (unpaired) electrons. The van der Waals surface area contributed by atoms with Crippen LogP contribution in [0.15, 0.2) is 174 Å². The predicted molar refractivity (Wildman–Crippen MR) is 200 cm³/mol. The van der Waals surface area contributed by atoms with E-state index in [1.807, 2.05) is 0 Å². The van der Waals surface area contributed by atoms with Crippen molar-refractivity contribution < 1.29 is 31.8 Å². The Labute approximate surface area is 300 Å². The monoisotopic (exact) mass is 616 g/mol. The van der Waals surface area contributed by atoms with Crippen LogP contribution >= 0.6 is 0 Å². The lowest BCUT2D eigenvalue weighted by atomic mass is 9.84. The minimum atomic E-state index is -0.759. The van der Waals surface area contributed by atoms with E-state index in [1.165, 1.54) is 0 Å². The first-order valence-corrected chi connectivity index (χ1v) is 14.6. The standard InChI is InChI=1S/C46H28O/c1-2-12-29(13-3-1)42-27-33(26-31-15-5-6-16-34(31)42)45-39-20-10-8-18-37(39)44(38-19-9-11-21-40(38)45)32-23-24-36-41-25-22-30-14-4-7-17-35(30)46(41)47-43(36)28-32/h1-28H/i1D,2D,3D,4D,5D,6D,7D,12D,13D,14D,15D,16D,17D,22D,23D,24D,25D,26D,27D,28D. The quantitative estimate of drug-likeness (QED) is 0.180. The Bertz CT molecular complexity index is 3900. The summed E-state index contributed by atoms with van der Waals surface area (Å²) in [5, 5.41) is -0.488. The van der Waals surface area contributed by atoms with Gasteiger partial charge in [0.15, 0.2) is 0 Å². The highest BCUT2D eigenvalue weighted by atomic mass is 16.3. The molecule has 1 aromatic heterocycles. The summed E-state index contributed by atoms with van der Waals surface area (Å²) in [6.07, 6.45) is 0. The van der Waals surface area contributed by atoms with Crippen molar-refractivity contribution in [3.8, 4) is 33.4 Å². The number of benzene rings is 9. The molecule has 0 aliphatic rings. The van der Waals surface area contributed by atoms with E-state index in [-0.39, 0.29) is 71.1 Å². The summed E-state index contributed by atoms with van der Waals surface area (Å²) >= 11 is 0. The van der Waals surface area contributed by atoms with E-state index >= 15 is 0 Å². The van der Waals surface area contributed by atoms with Crippen LogP contribution in [-0.4, -0.2) is 0 Å². The molecule has 9 aromatic carbocycles. The van der Waals surface area contributed by atoms with Crippen LogP contribution in [-0.2, 0) is 0 Å². The van der Waals surface area contributed by atoms with E-state index in [4.69, 9.17) is 25.0 Å². The zero-order valence-electron chi connectivity index (χ0n) is 44.0. The molecule has 47 heavy (non-hydrogen) atoms. The third kappa shape index (κ3) is 3.97. The molecule has 0 bridgehead atoms. The number of hydrogen-bond donors (Lipinski definition) is 0. The number of rotatable bonds is 3. The molecule has 0 spiro atoms. The highest BCUT2D eigenvalue weighted by Gasteiger charge is 2.19. The van der Waals surface area contributed by atoms with Gasteiger partial charge in [0.25, 0.3) is 0 Å². The number of hydrogen-bond acceptors (Lipinski definition) is 1. The molecule has 0 amide bonds. The van der Waals surface area contributed by atoms with Gasteiger partial charge >= 0.3 is 0 Å². The van der Waals surface area contributed by atoms with Crippen LogP contribution in [0.3, 0.4) is 0 Å². The summed E-state index contributed by atoms with van der Waals surface area (Å²) in [4.78, 5) is 0. The van der Waals surface area contributed by atoms with E-state index < -0.39 is 137 Å². The Balaban J connectivity index is 1.39. The van der Waals surface area contributed by atoms with Crippen molar-refractivity contribution in [2.75, 3.05) is 0 Å². The summed E-state index contributed by atoms with van der Waals surface area (Å²) in [6.45, 7) is 0. The van der Waals surface area contributed by atoms with Crippen LogP contribution < -0.4 is 0 Å². The van der Waals surface area contributed by atoms with Gasteiger partial charge in [-0.2, -0.15) is 0 Å². The normalized spacial score (nSPS) is 17.8. The summed E-state index contributed by atoms with van der Waals surface area (Å²) in [7, 11) is 0. The third-order valence-electron chi connectivity index (χ3n) is 8.31. The maximum Gasteiger partial charge on any atom is 0.143 e. The minimum Gasteiger partial charge on any atom is -0.455 e. The van der Waals surface area contributed by atoms with Gasteiger partial charge in [-0.3, -0.25) is 0 Å². The molecule has 0 aliphatic heterocycles. The van der Waals surface area contributed by atoms with Gasteiger partial charge in [0.2, 0.25) is 0 Å². The smallest absolute Gasteiger partial charge is 0.143 e. The molecule has 0 aliphatic carbocycles. The zero-order valence-corrected chi connectivity index (χ0v) is 24.0. The van der Waals surface area contributed by atoms with Gasteiger partial charge in [0, 0.05) is 16.2 Å². The van der Waals surface area contributed by atoms with Crippen LogP contribution in [0.25, 0.3) is 98.4 Å². The molecule has 1 heteroatoms. The Hall–Kier alpha value is -6.18. The van der Waals surface area contributed by atoms with E-state index in [1.54, 1.807) is 48.5 Å². The lowest BCUT2D eigenvalue weighted by Gasteiger charge is -2.19. The van der Waals surface area contributed by atoms with E-state index in [0.29, 0.717) is 10.8 Å². The topological polar surface area (TPSA) is 13.1 Å². The lowest BCUT2D eigenvalue weighted by molar-refractivity contribution is 0.673. The lowest BCUT2D eigenvalue weighted by Crippen LogP contribution is -1.92. The molecule has 0 saturated heterocycles. The van der Waals surface area contributed by atoms with Gasteiger partial charge < -0.3 is 4.42 Å². The van der Waals surface area contributed by atoms with E-state index in [9.17, 15) is 6.85 Å².